The minimum absolute atomic E-state index is 0.0541. The van der Waals surface area contributed by atoms with Gasteiger partial charge in [0.25, 0.3) is 0 Å². The number of carbonyl (C=O) groups is 2. The van der Waals surface area contributed by atoms with Gasteiger partial charge in [-0.05, 0) is 17.7 Å². The third-order valence-corrected chi connectivity index (χ3v) is 3.53. The topological polar surface area (TPSA) is 70.4 Å². The number of rotatable bonds is 6. The van der Waals surface area contributed by atoms with Crippen molar-refractivity contribution in [3.05, 3.63) is 47.8 Å². The maximum Gasteiger partial charge on any atom is 0.341 e. The molecule has 6 heteroatoms. The number of hydrogen-bond donors (Lipinski definition) is 0. The molecule has 128 valence electrons. The molecule has 2 rings (SSSR count). The number of aromatic nitrogens is 2. The van der Waals surface area contributed by atoms with Gasteiger partial charge in [0.15, 0.2) is 5.78 Å². The summed E-state index contributed by atoms with van der Waals surface area (Å²) in [5.74, 6) is 0.291. The van der Waals surface area contributed by atoms with Crippen molar-refractivity contribution in [1.29, 1.82) is 0 Å². The molecule has 0 radical (unpaired) electrons. The van der Waals surface area contributed by atoms with Crippen LogP contribution in [-0.2, 0) is 16.1 Å². The average molecular weight is 330 g/mol. The van der Waals surface area contributed by atoms with E-state index in [0.29, 0.717) is 17.9 Å². The molecule has 0 aliphatic rings. The number of nitrogens with zero attached hydrogens (tertiary/aromatic N) is 2. The Morgan fingerprint density at radius 3 is 2.42 bits per heavy atom. The predicted molar refractivity (Wildman–Crippen MR) is 89.1 cm³/mol. The number of Topliss-reactive ketones (excluding diaryl/α,β-unsaturated/α-hetero) is 1. The van der Waals surface area contributed by atoms with Crippen LogP contribution in [0.25, 0.3) is 0 Å². The summed E-state index contributed by atoms with van der Waals surface area (Å²) in [6, 6.07) is 7.43. The van der Waals surface area contributed by atoms with Gasteiger partial charge in [-0.3, -0.25) is 9.48 Å². The molecule has 1 aromatic heterocycles. The van der Waals surface area contributed by atoms with Crippen LogP contribution >= 0.6 is 0 Å². The number of esters is 1. The van der Waals surface area contributed by atoms with Crippen LogP contribution in [0.15, 0.2) is 36.7 Å². The maximum absolute atomic E-state index is 11.9. The van der Waals surface area contributed by atoms with E-state index in [9.17, 15) is 9.59 Å². The molecule has 0 amide bonds. The first-order valence-corrected chi connectivity index (χ1v) is 7.65. The normalized spacial score (nSPS) is 11.2. The molecule has 0 aliphatic carbocycles. The molecule has 1 heterocycles. The summed E-state index contributed by atoms with van der Waals surface area (Å²) in [5, 5.41) is 4.13. The minimum Gasteiger partial charge on any atom is -0.486 e. The fraction of sp³-hybridized carbons (Fsp3) is 0.389. The van der Waals surface area contributed by atoms with E-state index in [2.05, 4.69) is 9.84 Å². The molecule has 6 nitrogen and oxygen atoms in total. The molecular formula is C18H22N2O4. The summed E-state index contributed by atoms with van der Waals surface area (Å²) in [7, 11) is 1.34. The van der Waals surface area contributed by atoms with Gasteiger partial charge in [-0.25, -0.2) is 4.79 Å². The Balaban J connectivity index is 1.93. The van der Waals surface area contributed by atoms with E-state index < -0.39 is 11.4 Å². The Bertz CT molecular complexity index is 711. The zero-order valence-corrected chi connectivity index (χ0v) is 14.4. The first-order chi connectivity index (χ1) is 11.3. The second-order valence-corrected chi connectivity index (χ2v) is 6.52. The second kappa shape index (κ2) is 7.29. The van der Waals surface area contributed by atoms with Gasteiger partial charge in [0.05, 0.1) is 25.4 Å². The molecule has 0 atom stereocenters. The molecule has 24 heavy (non-hydrogen) atoms. The average Bonchev–Trinajstić information content (AvgIpc) is 3.00. The standard InChI is InChI=1S/C18H22N2O4/c1-18(2,3)16(21)12-24-15-7-5-13(6-8-15)10-20-11-14(9-19-20)17(22)23-4/h5-9,11H,10,12H2,1-4H3. The Hall–Kier alpha value is -2.63. The Morgan fingerprint density at radius 1 is 1.17 bits per heavy atom. The lowest BCUT2D eigenvalue weighted by molar-refractivity contribution is -0.128. The lowest BCUT2D eigenvalue weighted by atomic mass is 9.91. The molecule has 0 aliphatic heterocycles. The van der Waals surface area contributed by atoms with Crippen molar-refractivity contribution in [2.45, 2.75) is 27.3 Å². The summed E-state index contributed by atoms with van der Waals surface area (Å²) in [6.45, 7) is 6.19. The predicted octanol–water partition coefficient (Wildman–Crippen LogP) is 2.71. The van der Waals surface area contributed by atoms with Crippen molar-refractivity contribution < 1.29 is 19.1 Å². The van der Waals surface area contributed by atoms with Crippen molar-refractivity contribution in [2.75, 3.05) is 13.7 Å². The lowest BCUT2D eigenvalue weighted by Gasteiger charge is -2.16. The van der Waals surface area contributed by atoms with Gasteiger partial charge in [0, 0.05) is 11.6 Å². The fourth-order valence-corrected chi connectivity index (χ4v) is 1.92. The number of methoxy groups -OCH3 is 1. The van der Waals surface area contributed by atoms with E-state index in [1.165, 1.54) is 13.3 Å². The van der Waals surface area contributed by atoms with Crippen molar-refractivity contribution in [2.24, 2.45) is 5.41 Å². The highest BCUT2D eigenvalue weighted by Crippen LogP contribution is 2.17. The number of benzene rings is 1. The second-order valence-electron chi connectivity index (χ2n) is 6.52. The molecule has 0 spiro atoms. The summed E-state index contributed by atoms with van der Waals surface area (Å²) >= 11 is 0. The van der Waals surface area contributed by atoms with E-state index in [0.717, 1.165) is 5.56 Å². The van der Waals surface area contributed by atoms with Crippen LogP contribution in [0.5, 0.6) is 5.75 Å². The smallest absolute Gasteiger partial charge is 0.341 e. The zero-order valence-electron chi connectivity index (χ0n) is 14.4. The quantitative estimate of drug-likeness (QED) is 0.762. The van der Waals surface area contributed by atoms with Gasteiger partial charge in [0.2, 0.25) is 0 Å². The van der Waals surface area contributed by atoms with Crippen molar-refractivity contribution in [1.82, 2.24) is 9.78 Å². The van der Waals surface area contributed by atoms with Crippen molar-refractivity contribution in [3.8, 4) is 5.75 Å². The first kappa shape index (κ1) is 17.7. The lowest BCUT2D eigenvalue weighted by Crippen LogP contribution is -2.26. The van der Waals surface area contributed by atoms with E-state index in [1.54, 1.807) is 10.9 Å². The molecular weight excluding hydrogens is 308 g/mol. The van der Waals surface area contributed by atoms with Gasteiger partial charge in [0.1, 0.15) is 12.4 Å². The van der Waals surface area contributed by atoms with E-state index in [-0.39, 0.29) is 12.4 Å². The van der Waals surface area contributed by atoms with Crippen molar-refractivity contribution >= 4 is 11.8 Å². The Labute approximate surface area is 141 Å². The van der Waals surface area contributed by atoms with Crippen molar-refractivity contribution in [3.63, 3.8) is 0 Å². The highest BCUT2D eigenvalue weighted by Gasteiger charge is 2.21. The third-order valence-electron chi connectivity index (χ3n) is 3.53. The summed E-state index contributed by atoms with van der Waals surface area (Å²) in [6.07, 6.45) is 3.11. The van der Waals surface area contributed by atoms with Gasteiger partial charge < -0.3 is 9.47 Å². The maximum atomic E-state index is 11.9. The minimum atomic E-state index is -0.409. The van der Waals surface area contributed by atoms with Gasteiger partial charge in [-0.15, -0.1) is 0 Å². The fourth-order valence-electron chi connectivity index (χ4n) is 1.92. The van der Waals surface area contributed by atoms with Crippen LogP contribution in [-0.4, -0.2) is 35.2 Å². The highest BCUT2D eigenvalue weighted by molar-refractivity contribution is 5.88. The summed E-state index contributed by atoms with van der Waals surface area (Å²) in [4.78, 5) is 23.3. The number of hydrogen-bond acceptors (Lipinski definition) is 5. The molecule has 0 saturated heterocycles. The van der Waals surface area contributed by atoms with E-state index >= 15 is 0 Å². The number of carbonyl (C=O) groups excluding carboxylic acids is 2. The third kappa shape index (κ3) is 4.68. The van der Waals surface area contributed by atoms with Crippen LogP contribution < -0.4 is 4.74 Å². The van der Waals surface area contributed by atoms with Gasteiger partial charge in [-0.1, -0.05) is 32.9 Å². The molecule has 0 fully saturated rings. The van der Waals surface area contributed by atoms with Gasteiger partial charge in [-0.2, -0.15) is 5.10 Å². The first-order valence-electron chi connectivity index (χ1n) is 7.65. The molecule has 0 bridgehead atoms. The van der Waals surface area contributed by atoms with E-state index in [4.69, 9.17) is 4.74 Å². The molecule has 0 N–H and O–H groups in total. The largest absolute Gasteiger partial charge is 0.486 e. The van der Waals surface area contributed by atoms with E-state index in [1.807, 2.05) is 45.0 Å². The number of ketones is 1. The summed E-state index contributed by atoms with van der Waals surface area (Å²) in [5.41, 5.74) is 1.01. The Kier molecular flexibility index (Phi) is 5.39. The zero-order chi connectivity index (χ0) is 17.7. The molecule has 0 unspecified atom stereocenters. The highest BCUT2D eigenvalue weighted by atomic mass is 16.5. The number of ether oxygens (including phenoxy) is 2. The summed E-state index contributed by atoms with van der Waals surface area (Å²) < 4.78 is 11.8. The monoisotopic (exact) mass is 330 g/mol. The molecule has 0 saturated carbocycles. The van der Waals surface area contributed by atoms with Crippen LogP contribution in [0.3, 0.4) is 0 Å². The molecule has 2 aromatic rings. The SMILES string of the molecule is COC(=O)c1cnn(Cc2ccc(OCC(=O)C(C)(C)C)cc2)c1. The van der Waals surface area contributed by atoms with Gasteiger partial charge >= 0.3 is 5.97 Å². The van der Waals surface area contributed by atoms with Crippen LogP contribution in [0.4, 0.5) is 0 Å². The van der Waals surface area contributed by atoms with Crippen LogP contribution in [0, 0.1) is 5.41 Å². The van der Waals surface area contributed by atoms with Crippen LogP contribution in [0.1, 0.15) is 36.7 Å². The van der Waals surface area contributed by atoms with Crippen LogP contribution in [0.2, 0.25) is 0 Å². The molecule has 1 aromatic carbocycles. The Morgan fingerprint density at radius 2 is 1.83 bits per heavy atom.